The molecule has 0 N–H and O–H groups in total. The van der Waals surface area contributed by atoms with Crippen LogP contribution in [-0.4, -0.2) is 58.3 Å². The third-order valence-corrected chi connectivity index (χ3v) is 5.05. The van der Waals surface area contributed by atoms with Gasteiger partial charge >= 0.3 is 0 Å². The van der Waals surface area contributed by atoms with E-state index >= 15 is 0 Å². The molecule has 0 aliphatic carbocycles. The molecule has 2 rings (SSSR count). The molecule has 0 saturated heterocycles. The minimum absolute atomic E-state index is 0.0637. The molecular formula is C16H24N2O5S. The summed E-state index contributed by atoms with van der Waals surface area (Å²) in [6.45, 7) is 6.01. The molecule has 1 aliphatic rings. The molecule has 1 aliphatic heterocycles. The van der Waals surface area contributed by atoms with Crippen molar-refractivity contribution in [2.45, 2.75) is 20.3 Å². The van der Waals surface area contributed by atoms with Crippen LogP contribution in [-0.2, 0) is 14.8 Å². The van der Waals surface area contributed by atoms with Crippen LogP contribution in [0.4, 0.5) is 5.69 Å². The summed E-state index contributed by atoms with van der Waals surface area (Å²) in [5.41, 5.74) is 0.467. The molecule has 0 saturated carbocycles. The summed E-state index contributed by atoms with van der Waals surface area (Å²) < 4.78 is 36.5. The molecule has 0 atom stereocenters. The Bertz CT molecular complexity index is 686. The van der Waals surface area contributed by atoms with Gasteiger partial charge in [0.15, 0.2) is 11.5 Å². The fourth-order valence-corrected chi connectivity index (χ4v) is 3.52. The number of benzene rings is 1. The van der Waals surface area contributed by atoms with Crippen molar-refractivity contribution in [3.8, 4) is 11.5 Å². The number of sulfonamides is 1. The molecule has 0 aromatic heterocycles. The second-order valence-corrected chi connectivity index (χ2v) is 7.39. The van der Waals surface area contributed by atoms with E-state index in [4.69, 9.17) is 9.47 Å². The van der Waals surface area contributed by atoms with Crippen molar-refractivity contribution < 1.29 is 22.7 Å². The van der Waals surface area contributed by atoms with Crippen LogP contribution in [0.15, 0.2) is 18.2 Å². The first kappa shape index (κ1) is 18.4. The number of nitrogens with zero attached hydrogens (tertiary/aromatic N) is 2. The fraction of sp³-hybridized carbons (Fsp3) is 0.562. The molecular weight excluding hydrogens is 332 g/mol. The minimum Gasteiger partial charge on any atom is -0.486 e. The number of ether oxygens (including phenoxy) is 2. The predicted octanol–water partition coefficient (Wildman–Crippen LogP) is 1.48. The number of hydrogen-bond donors (Lipinski definition) is 0. The van der Waals surface area contributed by atoms with Crippen molar-refractivity contribution in [2.75, 3.05) is 43.4 Å². The maximum atomic E-state index is 12.2. The SMILES string of the molecule is CCN(CC)C(=O)CCN(c1ccc2c(c1)OCCO2)S(C)(=O)=O. The van der Waals surface area contributed by atoms with Crippen molar-refractivity contribution in [2.24, 2.45) is 0 Å². The highest BCUT2D eigenvalue weighted by molar-refractivity contribution is 7.92. The van der Waals surface area contributed by atoms with Gasteiger partial charge in [0.25, 0.3) is 0 Å². The molecule has 1 aromatic rings. The summed E-state index contributed by atoms with van der Waals surface area (Å²) in [5, 5.41) is 0. The Kier molecular flexibility index (Phi) is 5.93. The van der Waals surface area contributed by atoms with Gasteiger partial charge in [0, 0.05) is 32.1 Å². The standard InChI is InChI=1S/C16H24N2O5S/c1-4-17(5-2)16(19)8-9-18(24(3,20)21)13-6-7-14-15(12-13)23-11-10-22-14/h6-7,12H,4-5,8-11H2,1-3H3. The quantitative estimate of drug-likeness (QED) is 0.740. The van der Waals surface area contributed by atoms with Gasteiger partial charge in [-0.1, -0.05) is 0 Å². The smallest absolute Gasteiger partial charge is 0.232 e. The van der Waals surface area contributed by atoms with Gasteiger partial charge in [0.2, 0.25) is 15.9 Å². The van der Waals surface area contributed by atoms with E-state index in [1.54, 1.807) is 23.1 Å². The molecule has 8 heteroatoms. The Morgan fingerprint density at radius 2 is 1.75 bits per heavy atom. The van der Waals surface area contributed by atoms with Gasteiger partial charge < -0.3 is 14.4 Å². The van der Waals surface area contributed by atoms with Gasteiger partial charge in [0.05, 0.1) is 11.9 Å². The maximum Gasteiger partial charge on any atom is 0.232 e. The predicted molar refractivity (Wildman–Crippen MR) is 92.2 cm³/mol. The van der Waals surface area contributed by atoms with Gasteiger partial charge in [0.1, 0.15) is 13.2 Å². The maximum absolute atomic E-state index is 12.2. The van der Waals surface area contributed by atoms with Crippen LogP contribution in [0.2, 0.25) is 0 Å². The van der Waals surface area contributed by atoms with E-state index in [2.05, 4.69) is 0 Å². The van der Waals surface area contributed by atoms with Crippen LogP contribution >= 0.6 is 0 Å². The Hall–Kier alpha value is -1.96. The van der Waals surface area contributed by atoms with Crippen molar-refractivity contribution >= 4 is 21.6 Å². The van der Waals surface area contributed by atoms with Crippen LogP contribution in [0.3, 0.4) is 0 Å². The van der Waals surface area contributed by atoms with E-state index in [0.29, 0.717) is 43.5 Å². The lowest BCUT2D eigenvalue weighted by Crippen LogP contribution is -2.36. The first-order valence-corrected chi connectivity index (χ1v) is 9.86. The van der Waals surface area contributed by atoms with Gasteiger partial charge in [-0.25, -0.2) is 8.42 Å². The number of rotatable bonds is 7. The Balaban J connectivity index is 2.19. The second-order valence-electron chi connectivity index (χ2n) is 5.48. The topological polar surface area (TPSA) is 76.2 Å². The zero-order valence-corrected chi connectivity index (χ0v) is 15.1. The first-order chi connectivity index (χ1) is 11.4. The zero-order valence-electron chi connectivity index (χ0n) is 14.3. The Morgan fingerprint density at radius 3 is 2.33 bits per heavy atom. The summed E-state index contributed by atoms with van der Waals surface area (Å²) in [6.07, 6.45) is 1.26. The van der Waals surface area contributed by atoms with E-state index in [1.807, 2.05) is 13.8 Å². The summed E-state index contributed by atoms with van der Waals surface area (Å²) in [6, 6.07) is 4.99. The number of carbonyl (C=O) groups excluding carboxylic acids is 1. The number of hydrogen-bond acceptors (Lipinski definition) is 5. The Morgan fingerprint density at radius 1 is 1.12 bits per heavy atom. The fourth-order valence-electron chi connectivity index (χ4n) is 2.61. The largest absolute Gasteiger partial charge is 0.486 e. The van der Waals surface area contributed by atoms with E-state index in [9.17, 15) is 13.2 Å². The van der Waals surface area contributed by atoms with E-state index < -0.39 is 10.0 Å². The van der Waals surface area contributed by atoms with E-state index in [-0.39, 0.29) is 18.9 Å². The van der Waals surface area contributed by atoms with E-state index in [0.717, 1.165) is 6.26 Å². The van der Waals surface area contributed by atoms with Crippen LogP contribution in [0, 0.1) is 0 Å². The molecule has 0 fully saturated rings. The molecule has 0 bridgehead atoms. The summed E-state index contributed by atoms with van der Waals surface area (Å²) in [5.74, 6) is 1.05. The highest BCUT2D eigenvalue weighted by Crippen LogP contribution is 2.34. The van der Waals surface area contributed by atoms with Gasteiger partial charge in [-0.3, -0.25) is 9.10 Å². The highest BCUT2D eigenvalue weighted by Gasteiger charge is 2.22. The second kappa shape index (κ2) is 7.74. The first-order valence-electron chi connectivity index (χ1n) is 8.02. The number of amides is 1. The van der Waals surface area contributed by atoms with Crippen LogP contribution in [0.5, 0.6) is 11.5 Å². The molecule has 134 valence electrons. The van der Waals surface area contributed by atoms with Crippen LogP contribution in [0.25, 0.3) is 0 Å². The highest BCUT2D eigenvalue weighted by atomic mass is 32.2. The van der Waals surface area contributed by atoms with Gasteiger partial charge in [-0.2, -0.15) is 0 Å². The summed E-state index contributed by atoms with van der Waals surface area (Å²) >= 11 is 0. The Labute approximate surface area is 143 Å². The third-order valence-electron chi connectivity index (χ3n) is 3.86. The monoisotopic (exact) mass is 356 g/mol. The normalized spacial score (nSPS) is 13.5. The molecule has 1 heterocycles. The van der Waals surface area contributed by atoms with Crippen LogP contribution in [0.1, 0.15) is 20.3 Å². The molecule has 1 amide bonds. The average Bonchev–Trinajstić information content (AvgIpc) is 2.54. The lowest BCUT2D eigenvalue weighted by atomic mass is 10.2. The van der Waals surface area contributed by atoms with E-state index in [1.165, 1.54) is 4.31 Å². The van der Waals surface area contributed by atoms with Crippen LogP contribution < -0.4 is 13.8 Å². The lowest BCUT2D eigenvalue weighted by molar-refractivity contribution is -0.130. The molecule has 0 radical (unpaired) electrons. The number of anilines is 1. The third kappa shape index (κ3) is 4.31. The van der Waals surface area contributed by atoms with Crippen molar-refractivity contribution in [3.05, 3.63) is 18.2 Å². The molecule has 0 spiro atoms. The zero-order chi connectivity index (χ0) is 17.7. The number of fused-ring (bicyclic) bond motifs is 1. The van der Waals surface area contributed by atoms with Gasteiger partial charge in [-0.05, 0) is 26.0 Å². The van der Waals surface area contributed by atoms with Crippen molar-refractivity contribution in [3.63, 3.8) is 0 Å². The molecule has 7 nitrogen and oxygen atoms in total. The summed E-state index contributed by atoms with van der Waals surface area (Å²) in [4.78, 5) is 13.8. The molecule has 1 aromatic carbocycles. The van der Waals surface area contributed by atoms with Gasteiger partial charge in [-0.15, -0.1) is 0 Å². The molecule has 0 unspecified atom stereocenters. The van der Waals surface area contributed by atoms with Crippen molar-refractivity contribution in [1.29, 1.82) is 0 Å². The molecule has 24 heavy (non-hydrogen) atoms. The summed E-state index contributed by atoms with van der Waals surface area (Å²) in [7, 11) is -3.51. The van der Waals surface area contributed by atoms with Crippen molar-refractivity contribution in [1.82, 2.24) is 4.90 Å². The number of carbonyl (C=O) groups is 1. The lowest BCUT2D eigenvalue weighted by Gasteiger charge is -2.26. The minimum atomic E-state index is -3.51. The average molecular weight is 356 g/mol.